The normalized spacial score (nSPS) is 24.2. The van der Waals surface area contributed by atoms with Crippen LogP contribution >= 0.6 is 0 Å². The van der Waals surface area contributed by atoms with Crippen LogP contribution in [-0.2, 0) is 9.47 Å². The Morgan fingerprint density at radius 1 is 1.03 bits per heavy atom. The minimum Gasteiger partial charge on any atom is -0.474 e. The molecule has 8 nitrogen and oxygen atoms in total. The lowest BCUT2D eigenvalue weighted by atomic mass is 9.87. The van der Waals surface area contributed by atoms with E-state index < -0.39 is 0 Å². The van der Waals surface area contributed by atoms with E-state index in [9.17, 15) is 0 Å². The monoisotopic (exact) mass is 527 g/mol. The minimum absolute atomic E-state index is 0.0297. The summed E-state index contributed by atoms with van der Waals surface area (Å²) < 4.78 is 20.6. The minimum atomic E-state index is -0.0297. The van der Waals surface area contributed by atoms with E-state index in [0.29, 0.717) is 12.0 Å². The average molecular weight is 528 g/mol. The second kappa shape index (κ2) is 10.5. The molecular weight excluding hydrogens is 490 g/mol. The van der Waals surface area contributed by atoms with Crippen molar-refractivity contribution < 1.29 is 14.2 Å². The van der Waals surface area contributed by atoms with E-state index >= 15 is 0 Å². The summed E-state index contributed by atoms with van der Waals surface area (Å²) in [5, 5.41) is 11.5. The Labute approximate surface area is 229 Å². The highest BCUT2D eigenvalue weighted by Gasteiger charge is 2.32. The number of pyridine rings is 2. The van der Waals surface area contributed by atoms with Crippen molar-refractivity contribution in [1.29, 1.82) is 0 Å². The van der Waals surface area contributed by atoms with Gasteiger partial charge in [0.15, 0.2) is 6.23 Å². The fraction of sp³-hybridized carbons (Fsp3) is 0.516. The highest BCUT2D eigenvalue weighted by molar-refractivity contribution is 6.07. The molecule has 2 aliphatic heterocycles. The van der Waals surface area contributed by atoms with Crippen LogP contribution in [0.5, 0.6) is 5.88 Å². The number of nitrogens with one attached hydrogen (secondary N) is 1. The second-order valence-corrected chi connectivity index (χ2v) is 11.3. The van der Waals surface area contributed by atoms with E-state index in [-0.39, 0.29) is 12.3 Å². The first-order chi connectivity index (χ1) is 19.2. The first kappa shape index (κ1) is 24.9. The summed E-state index contributed by atoms with van der Waals surface area (Å²) in [5.74, 6) is 1.05. The van der Waals surface area contributed by atoms with Gasteiger partial charge in [-0.3, -0.25) is 4.98 Å². The summed E-state index contributed by atoms with van der Waals surface area (Å²) in [6.45, 7) is 4.35. The number of aromatic nitrogens is 4. The molecule has 1 aromatic carbocycles. The molecule has 3 aromatic heterocycles. The van der Waals surface area contributed by atoms with E-state index in [0.717, 1.165) is 109 Å². The Morgan fingerprint density at radius 3 is 2.67 bits per heavy atom. The summed E-state index contributed by atoms with van der Waals surface area (Å²) in [4.78, 5) is 9.84. The third-order valence-electron chi connectivity index (χ3n) is 8.72. The fourth-order valence-electron chi connectivity index (χ4n) is 6.40. The van der Waals surface area contributed by atoms with E-state index in [2.05, 4.69) is 39.2 Å². The average Bonchev–Trinajstić information content (AvgIpc) is 3.37. The van der Waals surface area contributed by atoms with Gasteiger partial charge in [-0.25, -0.2) is 9.67 Å². The predicted octanol–water partition coefficient (Wildman–Crippen LogP) is 5.68. The zero-order valence-corrected chi connectivity index (χ0v) is 22.9. The summed E-state index contributed by atoms with van der Waals surface area (Å²) in [6, 6.07) is 9.31. The molecule has 39 heavy (non-hydrogen) atoms. The zero-order valence-electron chi connectivity index (χ0n) is 22.9. The first-order valence-corrected chi connectivity index (χ1v) is 14.5. The number of benzene rings is 1. The molecule has 1 atom stereocenters. The molecule has 1 unspecified atom stereocenters. The third-order valence-corrected chi connectivity index (χ3v) is 8.72. The molecule has 0 radical (unpaired) electrons. The molecule has 1 N–H and O–H groups in total. The van der Waals surface area contributed by atoms with Crippen molar-refractivity contribution >= 4 is 21.7 Å². The maximum atomic E-state index is 6.70. The van der Waals surface area contributed by atoms with Crippen LogP contribution < -0.4 is 10.1 Å². The lowest BCUT2D eigenvalue weighted by molar-refractivity contribution is -0.0366. The third kappa shape index (κ3) is 4.68. The Balaban J connectivity index is 1.45. The van der Waals surface area contributed by atoms with Crippen LogP contribution in [0.4, 0.5) is 0 Å². The second-order valence-electron chi connectivity index (χ2n) is 11.3. The van der Waals surface area contributed by atoms with Crippen LogP contribution in [0.15, 0.2) is 36.7 Å². The Kier molecular flexibility index (Phi) is 6.70. The number of ether oxygens (including phenoxy) is 3. The van der Waals surface area contributed by atoms with Gasteiger partial charge in [0.1, 0.15) is 6.10 Å². The van der Waals surface area contributed by atoms with Crippen LogP contribution in [0.1, 0.15) is 68.5 Å². The van der Waals surface area contributed by atoms with Gasteiger partial charge in [-0.2, -0.15) is 5.10 Å². The van der Waals surface area contributed by atoms with Gasteiger partial charge in [-0.1, -0.05) is 0 Å². The first-order valence-electron chi connectivity index (χ1n) is 14.5. The molecule has 4 aromatic rings. The molecule has 1 saturated carbocycles. The van der Waals surface area contributed by atoms with Gasteiger partial charge in [0.05, 0.1) is 17.4 Å². The van der Waals surface area contributed by atoms with Crippen LogP contribution in [0.3, 0.4) is 0 Å². The van der Waals surface area contributed by atoms with Crippen LogP contribution in [0, 0.1) is 6.92 Å². The summed E-state index contributed by atoms with van der Waals surface area (Å²) >= 11 is 0. The summed E-state index contributed by atoms with van der Waals surface area (Å²) in [5.41, 5.74) is 5.50. The topological polar surface area (TPSA) is 83.3 Å². The smallest absolute Gasteiger partial charge is 0.221 e. The van der Waals surface area contributed by atoms with E-state index in [1.54, 1.807) is 0 Å². The van der Waals surface area contributed by atoms with E-state index in [4.69, 9.17) is 24.3 Å². The van der Waals surface area contributed by atoms with E-state index in [1.807, 2.05) is 26.4 Å². The molecule has 5 heterocycles. The Hall–Kier alpha value is -3.07. The number of hydrogen-bond donors (Lipinski definition) is 1. The maximum absolute atomic E-state index is 6.70. The van der Waals surface area contributed by atoms with Crippen molar-refractivity contribution in [2.24, 2.45) is 0 Å². The van der Waals surface area contributed by atoms with Crippen molar-refractivity contribution in [3.8, 4) is 17.0 Å². The fourth-order valence-corrected chi connectivity index (χ4v) is 6.40. The van der Waals surface area contributed by atoms with Gasteiger partial charge in [0.2, 0.25) is 5.88 Å². The number of hydrogen-bond acceptors (Lipinski definition) is 7. The SMILES string of the molecule is CNC1CC(Oc2nc(C3CCOCC3)c(-c3ccnc(C)c3)c3cc4cnn(C5CCCCO5)c4cc23)C1. The van der Waals surface area contributed by atoms with Gasteiger partial charge >= 0.3 is 0 Å². The molecule has 0 bridgehead atoms. The molecule has 8 heteroatoms. The lowest BCUT2D eigenvalue weighted by Crippen LogP contribution is -2.45. The maximum Gasteiger partial charge on any atom is 0.221 e. The van der Waals surface area contributed by atoms with Crippen LogP contribution in [0.25, 0.3) is 32.8 Å². The van der Waals surface area contributed by atoms with Crippen LogP contribution in [-0.4, -0.2) is 58.8 Å². The van der Waals surface area contributed by atoms with Crippen molar-refractivity contribution in [1.82, 2.24) is 25.1 Å². The molecule has 7 rings (SSSR count). The molecule has 3 aliphatic rings. The van der Waals surface area contributed by atoms with Crippen LogP contribution in [0.2, 0.25) is 0 Å². The van der Waals surface area contributed by atoms with Crippen molar-refractivity contribution in [2.75, 3.05) is 26.9 Å². The number of rotatable bonds is 6. The molecular formula is C31H37N5O3. The molecule has 204 valence electrons. The molecule has 1 aliphatic carbocycles. The van der Waals surface area contributed by atoms with Gasteiger partial charge in [-0.15, -0.1) is 0 Å². The standard InChI is InChI=1S/C31H37N5O3/c1-19-13-21(6-9-33-19)29-25-14-22-18-34-36(28-5-3-4-10-38-28)27(22)17-26(25)31(39-24-15-23(16-24)32-2)35-30(29)20-7-11-37-12-8-20/h6,9,13-14,17-18,20,23-24,28,32H,3-5,7-8,10-12,15-16H2,1-2H3. The lowest BCUT2D eigenvalue weighted by Gasteiger charge is -2.35. The highest BCUT2D eigenvalue weighted by atomic mass is 16.5. The van der Waals surface area contributed by atoms with Gasteiger partial charge < -0.3 is 19.5 Å². The van der Waals surface area contributed by atoms with Gasteiger partial charge in [-0.05, 0) is 94.1 Å². The molecule has 2 saturated heterocycles. The van der Waals surface area contributed by atoms with Crippen molar-refractivity contribution in [3.05, 3.63) is 48.0 Å². The van der Waals surface area contributed by atoms with Crippen molar-refractivity contribution in [3.63, 3.8) is 0 Å². The van der Waals surface area contributed by atoms with Crippen molar-refractivity contribution in [2.45, 2.75) is 76.2 Å². The largest absolute Gasteiger partial charge is 0.474 e. The molecule has 0 amide bonds. The number of fused-ring (bicyclic) bond motifs is 2. The quantitative estimate of drug-likeness (QED) is 0.346. The summed E-state index contributed by atoms with van der Waals surface area (Å²) in [6.07, 6.45) is 11.2. The summed E-state index contributed by atoms with van der Waals surface area (Å²) in [7, 11) is 2.02. The molecule has 0 spiro atoms. The zero-order chi connectivity index (χ0) is 26.3. The predicted molar refractivity (Wildman–Crippen MR) is 151 cm³/mol. The molecule has 3 fully saturated rings. The number of aryl methyl sites for hydroxylation is 1. The van der Waals surface area contributed by atoms with Gasteiger partial charge in [0.25, 0.3) is 0 Å². The highest BCUT2D eigenvalue weighted by Crippen LogP contribution is 2.44. The number of nitrogens with zero attached hydrogens (tertiary/aromatic N) is 4. The van der Waals surface area contributed by atoms with Gasteiger partial charge in [0, 0.05) is 60.0 Å². The van der Waals surface area contributed by atoms with E-state index in [1.165, 1.54) is 5.56 Å². The Bertz CT molecular complexity index is 1480. The Morgan fingerprint density at radius 2 is 1.90 bits per heavy atom.